The summed E-state index contributed by atoms with van der Waals surface area (Å²) in [5.41, 5.74) is 20.1. The molecule has 0 N–H and O–H groups in total. The van der Waals surface area contributed by atoms with Crippen molar-refractivity contribution < 1.29 is 0 Å². The second-order valence-electron chi connectivity index (χ2n) is 20.3. The Morgan fingerprint density at radius 2 is 0.918 bits per heavy atom. The summed E-state index contributed by atoms with van der Waals surface area (Å²) in [4.78, 5) is 15.8. The van der Waals surface area contributed by atoms with E-state index >= 15 is 0 Å². The molecular formula is C55H78N6. The second-order valence-corrected chi connectivity index (χ2v) is 20.3. The van der Waals surface area contributed by atoms with Crippen LogP contribution in [0.4, 0.5) is 17.1 Å². The van der Waals surface area contributed by atoms with Gasteiger partial charge in [-0.2, -0.15) is 0 Å². The summed E-state index contributed by atoms with van der Waals surface area (Å²) < 4.78 is 0. The zero-order valence-electron chi connectivity index (χ0n) is 40.4. The third kappa shape index (κ3) is 8.04. The number of anilines is 3. The van der Waals surface area contributed by atoms with Gasteiger partial charge in [0.15, 0.2) is 0 Å². The van der Waals surface area contributed by atoms with Crippen LogP contribution in [0.1, 0.15) is 139 Å². The van der Waals surface area contributed by atoms with Gasteiger partial charge in [0.05, 0.1) is 24.5 Å². The molecule has 6 heteroatoms. The van der Waals surface area contributed by atoms with Crippen LogP contribution in [0, 0.1) is 62.3 Å². The van der Waals surface area contributed by atoms with Crippen LogP contribution in [0.25, 0.3) is 0 Å². The maximum absolute atomic E-state index is 2.70. The fourth-order valence-electron chi connectivity index (χ4n) is 12.6. The van der Waals surface area contributed by atoms with Crippen LogP contribution in [0.2, 0.25) is 0 Å². The first kappa shape index (κ1) is 43.8. The minimum atomic E-state index is 0.408. The van der Waals surface area contributed by atoms with Gasteiger partial charge in [0, 0.05) is 54.3 Å². The predicted molar refractivity (Wildman–Crippen MR) is 260 cm³/mol. The summed E-state index contributed by atoms with van der Waals surface area (Å²) in [5.74, 6) is 0. The van der Waals surface area contributed by atoms with Crippen molar-refractivity contribution in [2.75, 3.05) is 41.9 Å². The van der Waals surface area contributed by atoms with Crippen molar-refractivity contribution in [3.63, 3.8) is 0 Å². The highest BCUT2D eigenvalue weighted by Gasteiger charge is 2.46. The Morgan fingerprint density at radius 1 is 0.443 bits per heavy atom. The SMILES string of the molecule is Cc1cc(C)c(C)c(N2C3CC(c4ccccc43)N(C)C2C)c1.Cc1cc(C)c(C)c(N2C3CCC(C3)N(C)C2C)c1.Cc1cc(C)c(C)c(N2C3CCCN(CC3)C2C)c1. The molecule has 9 atom stereocenters. The Hall–Kier alpha value is -3.84. The summed E-state index contributed by atoms with van der Waals surface area (Å²) >= 11 is 0. The highest BCUT2D eigenvalue weighted by molar-refractivity contribution is 5.63. The minimum Gasteiger partial charge on any atom is -0.353 e. The van der Waals surface area contributed by atoms with Gasteiger partial charge in [0.1, 0.15) is 0 Å². The van der Waals surface area contributed by atoms with Crippen molar-refractivity contribution in [3.05, 3.63) is 122 Å². The molecule has 11 rings (SSSR count). The zero-order valence-corrected chi connectivity index (χ0v) is 40.4. The van der Waals surface area contributed by atoms with E-state index in [2.05, 4.69) is 187 Å². The zero-order chi connectivity index (χ0) is 43.6. The maximum atomic E-state index is 2.70. The molecule has 5 heterocycles. The first-order valence-corrected chi connectivity index (χ1v) is 23.9. The van der Waals surface area contributed by atoms with Crippen molar-refractivity contribution >= 4 is 17.1 Å². The summed E-state index contributed by atoms with van der Waals surface area (Å²) in [6, 6.07) is 26.4. The van der Waals surface area contributed by atoms with Gasteiger partial charge in [-0.3, -0.25) is 14.7 Å². The van der Waals surface area contributed by atoms with Gasteiger partial charge in [0.25, 0.3) is 0 Å². The Morgan fingerprint density at radius 3 is 1.48 bits per heavy atom. The van der Waals surface area contributed by atoms with Crippen LogP contribution in [0.15, 0.2) is 60.7 Å². The molecule has 2 aliphatic carbocycles. The molecule has 5 aliphatic heterocycles. The fraction of sp³-hybridized carbons (Fsp3) is 0.564. The maximum Gasteiger partial charge on any atom is 0.0801 e. The normalized spacial score (nSPS) is 29.1. The molecule has 328 valence electrons. The van der Waals surface area contributed by atoms with Crippen LogP contribution < -0.4 is 14.7 Å². The van der Waals surface area contributed by atoms with Crippen molar-refractivity contribution in [2.24, 2.45) is 0 Å². The van der Waals surface area contributed by atoms with E-state index in [1.54, 1.807) is 0 Å². The van der Waals surface area contributed by atoms with Crippen LogP contribution in [0.5, 0.6) is 0 Å². The highest BCUT2D eigenvalue weighted by atomic mass is 15.4. The van der Waals surface area contributed by atoms with Crippen LogP contribution >= 0.6 is 0 Å². The molecule has 61 heavy (non-hydrogen) atoms. The van der Waals surface area contributed by atoms with Gasteiger partial charge >= 0.3 is 0 Å². The third-order valence-corrected chi connectivity index (χ3v) is 16.6. The van der Waals surface area contributed by atoms with Gasteiger partial charge in [-0.05, 0) is 222 Å². The molecule has 9 unspecified atom stereocenters. The average Bonchev–Trinajstić information content (AvgIpc) is 3.67. The lowest BCUT2D eigenvalue weighted by Crippen LogP contribution is -2.56. The quantitative estimate of drug-likeness (QED) is 0.204. The van der Waals surface area contributed by atoms with Crippen molar-refractivity contribution in [1.29, 1.82) is 0 Å². The summed E-state index contributed by atoms with van der Waals surface area (Å²) in [7, 11) is 4.57. The molecule has 1 saturated carbocycles. The smallest absolute Gasteiger partial charge is 0.0801 e. The van der Waals surface area contributed by atoms with E-state index in [9.17, 15) is 0 Å². The Kier molecular flexibility index (Phi) is 12.5. The molecule has 4 aromatic carbocycles. The summed E-state index contributed by atoms with van der Waals surface area (Å²) in [5, 5.41) is 0. The van der Waals surface area contributed by atoms with Crippen LogP contribution in [-0.4, -0.2) is 78.5 Å². The standard InChI is InChI=1S/C21H26N2.2C17H26N2/c1-13-10-14(2)15(3)19(11-13)23-16(4)22(5)20-12-21(23)18-9-7-6-8-17(18)20;1-11-8-12(2)13(3)17(9-11)19-14(4)18(5)15-6-7-16(19)10-15;1-12-10-13(2)14(3)17(11-12)19-15(4)18-8-5-6-16(19)7-9-18/h6-11,16,20-21H,12H2,1-5H3;8-9,14-16H,6-7,10H2,1-5H3;10-11,15-16H,5-9H2,1-4H3. The number of hydrogen-bond donors (Lipinski definition) is 0. The fourth-order valence-corrected chi connectivity index (χ4v) is 12.6. The molecule has 0 radical (unpaired) electrons. The Labute approximate surface area is 370 Å². The van der Waals surface area contributed by atoms with E-state index < -0.39 is 0 Å². The van der Waals surface area contributed by atoms with E-state index in [1.165, 1.54) is 136 Å². The first-order valence-electron chi connectivity index (χ1n) is 23.9. The third-order valence-electron chi connectivity index (χ3n) is 16.6. The average molecular weight is 823 g/mol. The number of rotatable bonds is 3. The van der Waals surface area contributed by atoms with Crippen molar-refractivity contribution in [3.8, 4) is 0 Å². The Bertz CT molecular complexity index is 2160. The first-order chi connectivity index (χ1) is 29.0. The molecule has 6 fully saturated rings. The van der Waals surface area contributed by atoms with Crippen LogP contribution in [-0.2, 0) is 0 Å². The number of benzene rings is 4. The molecule has 4 aromatic rings. The number of nitrogens with zero attached hydrogens (tertiary/aromatic N) is 6. The van der Waals surface area contributed by atoms with E-state index in [0.29, 0.717) is 30.6 Å². The number of fused-ring (bicyclic) bond motifs is 11. The highest BCUT2D eigenvalue weighted by Crippen LogP contribution is 2.52. The summed E-state index contributed by atoms with van der Waals surface area (Å²) in [6.07, 6.45) is 10.8. The van der Waals surface area contributed by atoms with E-state index in [4.69, 9.17) is 0 Å². The molecule has 7 aliphatic rings. The monoisotopic (exact) mass is 823 g/mol. The lowest BCUT2D eigenvalue weighted by Gasteiger charge is -2.47. The van der Waals surface area contributed by atoms with E-state index in [1.807, 2.05) is 0 Å². The van der Waals surface area contributed by atoms with Gasteiger partial charge in [-0.1, -0.05) is 42.5 Å². The minimum absolute atomic E-state index is 0.408. The Balaban J connectivity index is 0.000000127. The van der Waals surface area contributed by atoms with Crippen LogP contribution in [0.3, 0.4) is 0 Å². The molecule has 0 aromatic heterocycles. The van der Waals surface area contributed by atoms with Crippen molar-refractivity contribution in [2.45, 2.75) is 177 Å². The summed E-state index contributed by atoms with van der Waals surface area (Å²) in [6.45, 7) is 29.8. The van der Waals surface area contributed by atoms with E-state index in [-0.39, 0.29) is 0 Å². The number of aryl methyl sites for hydroxylation is 6. The van der Waals surface area contributed by atoms with Gasteiger partial charge in [-0.25, -0.2) is 0 Å². The topological polar surface area (TPSA) is 19.4 Å². The molecule has 6 nitrogen and oxygen atoms in total. The van der Waals surface area contributed by atoms with Crippen molar-refractivity contribution in [1.82, 2.24) is 14.7 Å². The lowest BCUT2D eigenvalue weighted by molar-refractivity contribution is 0.131. The lowest BCUT2D eigenvalue weighted by atomic mass is 9.98. The molecular weight excluding hydrogens is 745 g/mol. The molecule has 0 spiro atoms. The predicted octanol–water partition coefficient (Wildman–Crippen LogP) is 12.2. The molecule has 6 bridgehead atoms. The second kappa shape index (κ2) is 17.4. The number of hydrogen-bond acceptors (Lipinski definition) is 6. The van der Waals surface area contributed by atoms with Gasteiger partial charge in [-0.15, -0.1) is 0 Å². The molecule has 0 amide bonds. The van der Waals surface area contributed by atoms with Gasteiger partial charge < -0.3 is 14.7 Å². The van der Waals surface area contributed by atoms with E-state index in [0.717, 1.165) is 18.1 Å². The van der Waals surface area contributed by atoms with Gasteiger partial charge in [0.2, 0.25) is 0 Å². The molecule has 5 saturated heterocycles. The largest absolute Gasteiger partial charge is 0.353 e.